The topological polar surface area (TPSA) is 62.1 Å². The number of thiocarbonyl (C=S) groups is 1. The largest absolute Gasteiger partial charge is 0.490 e. The molecular formula is C27H30F6N4O3S. The Morgan fingerprint density at radius 1 is 0.951 bits per heavy atom. The van der Waals surface area contributed by atoms with Crippen LogP contribution in [0.2, 0.25) is 0 Å². The standard InChI is InChI=1S/C27H30F6N4O3S/c28-26(29,30)19-3-1-4-20(17-19)35-15-13-34(14-16-35)10-2-5-25(41)36-11-8-21(9-12-36)40-22-6-7-24(37(38)39)23(18-22)27(31,32)33/h1,3-4,6-7,17-18,21H,2,5,8-16H2. The van der Waals surface area contributed by atoms with Crippen molar-refractivity contribution in [2.45, 2.75) is 44.1 Å². The van der Waals surface area contributed by atoms with Crippen LogP contribution in [0.4, 0.5) is 37.7 Å². The molecule has 0 radical (unpaired) electrons. The molecule has 2 aliphatic heterocycles. The van der Waals surface area contributed by atoms with Gasteiger partial charge in [0, 0.05) is 63.9 Å². The number of rotatable bonds is 8. The van der Waals surface area contributed by atoms with Gasteiger partial charge in [-0.15, -0.1) is 0 Å². The van der Waals surface area contributed by atoms with Crippen molar-refractivity contribution >= 4 is 28.6 Å². The fraction of sp³-hybridized carbons (Fsp3) is 0.519. The van der Waals surface area contributed by atoms with Gasteiger partial charge in [0.1, 0.15) is 17.4 Å². The number of benzene rings is 2. The lowest BCUT2D eigenvalue weighted by molar-refractivity contribution is -0.388. The van der Waals surface area contributed by atoms with Crippen LogP contribution in [0.15, 0.2) is 42.5 Å². The molecular weight excluding hydrogens is 574 g/mol. The molecule has 0 spiro atoms. The van der Waals surface area contributed by atoms with Crippen LogP contribution in [0.25, 0.3) is 0 Å². The quantitative estimate of drug-likeness (QED) is 0.150. The van der Waals surface area contributed by atoms with Gasteiger partial charge in [-0.2, -0.15) is 26.3 Å². The highest BCUT2D eigenvalue weighted by molar-refractivity contribution is 7.80. The van der Waals surface area contributed by atoms with Gasteiger partial charge in [-0.05, 0) is 49.7 Å². The van der Waals surface area contributed by atoms with Crippen molar-refractivity contribution in [2.75, 3.05) is 50.7 Å². The number of nitro benzene ring substituents is 1. The van der Waals surface area contributed by atoms with E-state index in [9.17, 15) is 36.5 Å². The zero-order valence-electron chi connectivity index (χ0n) is 22.1. The van der Waals surface area contributed by atoms with E-state index in [0.29, 0.717) is 57.2 Å². The summed E-state index contributed by atoms with van der Waals surface area (Å²) in [6.07, 6.45) is -6.93. The molecule has 2 fully saturated rings. The van der Waals surface area contributed by atoms with Crippen molar-refractivity contribution in [1.29, 1.82) is 0 Å². The molecule has 0 atom stereocenters. The Kier molecular flexibility index (Phi) is 9.62. The Hall–Kier alpha value is -3.13. The number of likely N-dealkylation sites (tertiary alicyclic amines) is 1. The van der Waals surface area contributed by atoms with Crippen molar-refractivity contribution in [3.8, 4) is 5.75 Å². The van der Waals surface area contributed by atoms with Crippen molar-refractivity contribution in [3.63, 3.8) is 0 Å². The van der Waals surface area contributed by atoms with E-state index in [2.05, 4.69) is 9.80 Å². The van der Waals surface area contributed by atoms with Crippen molar-refractivity contribution < 1.29 is 36.0 Å². The number of halogens is 6. The number of alkyl halides is 6. The van der Waals surface area contributed by atoms with E-state index < -0.39 is 34.1 Å². The molecule has 2 aliphatic rings. The molecule has 0 unspecified atom stereocenters. The average molecular weight is 605 g/mol. The summed E-state index contributed by atoms with van der Waals surface area (Å²) in [4.78, 5) is 17.0. The summed E-state index contributed by atoms with van der Waals surface area (Å²) in [5.74, 6) is -0.0582. The second kappa shape index (κ2) is 12.8. The Morgan fingerprint density at radius 2 is 1.63 bits per heavy atom. The molecule has 224 valence electrons. The summed E-state index contributed by atoms with van der Waals surface area (Å²) >= 11 is 5.61. The van der Waals surface area contributed by atoms with E-state index in [4.69, 9.17) is 17.0 Å². The lowest BCUT2D eigenvalue weighted by atomic mass is 10.1. The summed E-state index contributed by atoms with van der Waals surface area (Å²) < 4.78 is 84.5. The van der Waals surface area contributed by atoms with Gasteiger partial charge < -0.3 is 14.5 Å². The zero-order valence-corrected chi connectivity index (χ0v) is 22.9. The molecule has 0 amide bonds. The van der Waals surface area contributed by atoms with Crippen LogP contribution in [-0.2, 0) is 12.4 Å². The molecule has 2 aromatic carbocycles. The maximum Gasteiger partial charge on any atom is 0.423 e. The molecule has 2 aromatic rings. The Bertz CT molecular complexity index is 1230. The predicted octanol–water partition coefficient (Wildman–Crippen LogP) is 6.41. The Balaban J connectivity index is 1.17. The zero-order chi connectivity index (χ0) is 29.8. The first-order chi connectivity index (χ1) is 19.3. The van der Waals surface area contributed by atoms with Crippen molar-refractivity contribution in [1.82, 2.24) is 9.80 Å². The van der Waals surface area contributed by atoms with Gasteiger partial charge in [0.05, 0.1) is 15.5 Å². The van der Waals surface area contributed by atoms with Crippen LogP contribution < -0.4 is 9.64 Å². The summed E-state index contributed by atoms with van der Waals surface area (Å²) in [5.41, 5.74) is -2.43. The van der Waals surface area contributed by atoms with Crippen molar-refractivity contribution in [3.05, 3.63) is 63.7 Å². The molecule has 0 aliphatic carbocycles. The van der Waals surface area contributed by atoms with Gasteiger partial charge in [-0.25, -0.2) is 0 Å². The van der Waals surface area contributed by atoms with Gasteiger partial charge >= 0.3 is 12.4 Å². The molecule has 2 saturated heterocycles. The molecule has 0 saturated carbocycles. The molecule has 14 heteroatoms. The van der Waals surface area contributed by atoms with Crippen LogP contribution >= 0.6 is 12.2 Å². The highest BCUT2D eigenvalue weighted by atomic mass is 32.1. The van der Waals surface area contributed by atoms with E-state index in [-0.39, 0.29) is 11.9 Å². The van der Waals surface area contributed by atoms with Crippen LogP contribution in [-0.4, -0.2) is 71.6 Å². The summed E-state index contributed by atoms with van der Waals surface area (Å²) in [6.45, 7) is 4.76. The van der Waals surface area contributed by atoms with Gasteiger partial charge in [0.2, 0.25) is 0 Å². The van der Waals surface area contributed by atoms with Crippen LogP contribution in [0.3, 0.4) is 0 Å². The number of nitro groups is 1. The smallest absolute Gasteiger partial charge is 0.423 e. The minimum Gasteiger partial charge on any atom is -0.490 e. The Labute approximate surface area is 238 Å². The maximum absolute atomic E-state index is 13.2. The summed E-state index contributed by atoms with van der Waals surface area (Å²) in [6, 6.07) is 8.06. The fourth-order valence-electron chi connectivity index (χ4n) is 5.11. The first kappa shape index (κ1) is 30.8. The van der Waals surface area contributed by atoms with Gasteiger partial charge in [0.15, 0.2) is 0 Å². The van der Waals surface area contributed by atoms with Crippen LogP contribution in [0, 0.1) is 10.1 Å². The van der Waals surface area contributed by atoms with E-state index in [1.54, 1.807) is 6.07 Å². The van der Waals surface area contributed by atoms with Crippen LogP contribution in [0.1, 0.15) is 36.8 Å². The van der Waals surface area contributed by atoms with E-state index in [0.717, 1.165) is 43.2 Å². The first-order valence-electron chi connectivity index (χ1n) is 13.3. The lowest BCUT2D eigenvalue weighted by Crippen LogP contribution is -2.47. The third-order valence-corrected chi connectivity index (χ3v) is 7.81. The number of hydrogen-bond donors (Lipinski definition) is 0. The molecule has 7 nitrogen and oxygen atoms in total. The molecule has 0 aromatic heterocycles. The van der Waals surface area contributed by atoms with E-state index in [1.165, 1.54) is 18.2 Å². The minimum absolute atomic E-state index is 0.0582. The highest BCUT2D eigenvalue weighted by Gasteiger charge is 2.39. The van der Waals surface area contributed by atoms with Gasteiger partial charge in [0.25, 0.3) is 5.69 Å². The monoisotopic (exact) mass is 604 g/mol. The second-order valence-electron chi connectivity index (χ2n) is 10.1. The third-order valence-electron chi connectivity index (χ3n) is 7.34. The predicted molar refractivity (Wildman–Crippen MR) is 145 cm³/mol. The molecule has 0 N–H and O–H groups in total. The SMILES string of the molecule is O=[N+]([O-])c1ccc(OC2CCN(C(=S)CCCN3CCN(c4cccc(C(F)(F)F)c4)CC3)CC2)cc1C(F)(F)F. The molecule has 4 rings (SSSR count). The normalized spacial score (nSPS) is 17.5. The molecule has 0 bridgehead atoms. The first-order valence-corrected chi connectivity index (χ1v) is 13.7. The number of nitrogens with zero attached hydrogens (tertiary/aromatic N) is 4. The minimum atomic E-state index is -4.87. The highest BCUT2D eigenvalue weighted by Crippen LogP contribution is 2.38. The second-order valence-corrected chi connectivity index (χ2v) is 10.6. The third kappa shape index (κ3) is 8.22. The molecule has 41 heavy (non-hydrogen) atoms. The van der Waals surface area contributed by atoms with Crippen molar-refractivity contribution in [2.24, 2.45) is 0 Å². The number of ether oxygens (including phenoxy) is 1. The summed E-state index contributed by atoms with van der Waals surface area (Å²) in [5, 5.41) is 11.0. The number of piperidine rings is 1. The lowest BCUT2D eigenvalue weighted by Gasteiger charge is -2.37. The van der Waals surface area contributed by atoms with E-state index in [1.807, 2.05) is 4.90 Å². The fourth-order valence-corrected chi connectivity index (χ4v) is 5.44. The van der Waals surface area contributed by atoms with Gasteiger partial charge in [-0.3, -0.25) is 15.0 Å². The summed E-state index contributed by atoms with van der Waals surface area (Å²) in [7, 11) is 0. The maximum atomic E-state index is 13.2. The van der Waals surface area contributed by atoms with Gasteiger partial charge in [-0.1, -0.05) is 18.3 Å². The Morgan fingerprint density at radius 3 is 2.24 bits per heavy atom. The average Bonchev–Trinajstić information content (AvgIpc) is 2.93. The molecule has 2 heterocycles. The number of piperazine rings is 1. The van der Waals surface area contributed by atoms with E-state index >= 15 is 0 Å². The van der Waals surface area contributed by atoms with Crippen LogP contribution in [0.5, 0.6) is 5.75 Å². The number of hydrogen-bond acceptors (Lipinski definition) is 6. The number of anilines is 1.